The van der Waals surface area contributed by atoms with E-state index >= 15 is 0 Å². The van der Waals surface area contributed by atoms with Gasteiger partial charge in [0.15, 0.2) is 0 Å². The fourth-order valence-electron chi connectivity index (χ4n) is 5.88. The van der Waals surface area contributed by atoms with E-state index in [-0.39, 0.29) is 6.10 Å². The Morgan fingerprint density at radius 3 is 2.11 bits per heavy atom. The molecule has 0 radical (unpaired) electrons. The monoisotopic (exact) mass is 629 g/mol. The zero-order valence-electron chi connectivity index (χ0n) is 24.1. The molecule has 2 atom stereocenters. The van der Waals surface area contributed by atoms with Gasteiger partial charge in [-0.25, -0.2) is 4.98 Å². The molecule has 2 aromatic heterocycles. The number of anilines is 2. The second-order valence-electron chi connectivity index (χ2n) is 11.0. The third-order valence-corrected chi connectivity index (χ3v) is 8.73. The molecule has 7 rings (SSSR count). The Bertz CT molecular complexity index is 1650. The summed E-state index contributed by atoms with van der Waals surface area (Å²) in [5, 5.41) is 1.04. The van der Waals surface area contributed by atoms with Crippen LogP contribution in [0.25, 0.3) is 5.69 Å². The zero-order valence-corrected chi connectivity index (χ0v) is 25.6. The first-order valence-electron chi connectivity index (χ1n) is 14.7. The number of halogens is 2. The van der Waals surface area contributed by atoms with Gasteiger partial charge in [-0.1, -0.05) is 29.3 Å². The molecule has 2 saturated heterocycles. The summed E-state index contributed by atoms with van der Waals surface area (Å²) in [6, 6.07) is 26.5. The maximum Gasteiger partial charge on any atom is 0.215 e. The van der Waals surface area contributed by atoms with Gasteiger partial charge in [0, 0.05) is 78.6 Å². The van der Waals surface area contributed by atoms with Crippen molar-refractivity contribution in [3.63, 3.8) is 0 Å². The molecule has 0 spiro atoms. The third kappa shape index (κ3) is 6.16. The van der Waals surface area contributed by atoms with Crippen molar-refractivity contribution in [1.82, 2.24) is 14.1 Å². The van der Waals surface area contributed by atoms with Crippen molar-refractivity contribution in [2.45, 2.75) is 18.4 Å². The molecule has 0 N–H and O–H groups in total. The second-order valence-corrected chi connectivity index (χ2v) is 11.9. The Labute approximate surface area is 266 Å². The van der Waals surface area contributed by atoms with Crippen molar-refractivity contribution in [1.29, 1.82) is 0 Å². The van der Waals surface area contributed by atoms with Gasteiger partial charge in [0.2, 0.25) is 5.79 Å². The first kappa shape index (κ1) is 28.8. The molecular formula is C34H33Cl2N5O3. The topological polar surface area (TPSA) is 56.9 Å². The number of nitrogens with zero attached hydrogens (tertiary/aromatic N) is 5. The molecule has 2 aliphatic heterocycles. The Kier molecular flexibility index (Phi) is 8.23. The molecule has 3 aromatic carbocycles. The van der Waals surface area contributed by atoms with Crippen LogP contribution in [-0.4, -0.2) is 59.6 Å². The average molecular weight is 631 g/mol. The van der Waals surface area contributed by atoms with Crippen molar-refractivity contribution >= 4 is 34.6 Å². The minimum atomic E-state index is -1.08. The predicted molar refractivity (Wildman–Crippen MR) is 173 cm³/mol. The number of aromatic nitrogens is 3. The third-order valence-electron chi connectivity index (χ3n) is 8.19. The van der Waals surface area contributed by atoms with E-state index in [1.54, 1.807) is 24.7 Å². The first-order valence-corrected chi connectivity index (χ1v) is 15.5. The molecule has 2 fully saturated rings. The average Bonchev–Trinajstić information content (AvgIpc) is 3.85. The number of benzene rings is 3. The van der Waals surface area contributed by atoms with E-state index in [4.69, 9.17) is 37.4 Å². The smallest absolute Gasteiger partial charge is 0.215 e. The lowest BCUT2D eigenvalue weighted by molar-refractivity contribution is -0.189. The minimum Gasteiger partial charge on any atom is -0.491 e. The van der Waals surface area contributed by atoms with Crippen LogP contribution in [-0.2, 0) is 21.8 Å². The van der Waals surface area contributed by atoms with Crippen LogP contribution >= 0.6 is 23.2 Å². The summed E-state index contributed by atoms with van der Waals surface area (Å²) in [6.07, 6.45) is 9.17. The van der Waals surface area contributed by atoms with Crippen LogP contribution in [0, 0.1) is 0 Å². The Hall–Kier alpha value is -3.95. The first-order chi connectivity index (χ1) is 21.5. The molecule has 0 saturated carbocycles. The summed E-state index contributed by atoms with van der Waals surface area (Å²) < 4.78 is 23.0. The van der Waals surface area contributed by atoms with Gasteiger partial charge in [-0.2, -0.15) is 0 Å². The SMILES string of the molecule is Clc1ccc(C2(Cn3ccnc3)OCC(COc3ccc(N4CCN(c5ccc(-n6cccc6)cc5)CC4)cc3)O2)c(Cl)c1. The van der Waals surface area contributed by atoms with Crippen LogP contribution < -0.4 is 14.5 Å². The largest absolute Gasteiger partial charge is 0.491 e. The molecule has 2 unspecified atom stereocenters. The van der Waals surface area contributed by atoms with E-state index in [1.807, 2.05) is 41.1 Å². The quantitative estimate of drug-likeness (QED) is 0.182. The van der Waals surface area contributed by atoms with Gasteiger partial charge in [0.1, 0.15) is 18.5 Å². The fraction of sp³-hybridized carbons (Fsp3) is 0.265. The number of rotatable bonds is 9. The van der Waals surface area contributed by atoms with Gasteiger partial charge >= 0.3 is 0 Å². The summed E-state index contributed by atoms with van der Waals surface area (Å²) >= 11 is 12.8. The van der Waals surface area contributed by atoms with Gasteiger partial charge in [-0.15, -0.1) is 0 Å². The molecule has 0 bridgehead atoms. The second kappa shape index (κ2) is 12.6. The van der Waals surface area contributed by atoms with Gasteiger partial charge in [0.05, 0.1) is 24.5 Å². The van der Waals surface area contributed by atoms with E-state index in [1.165, 1.54) is 17.1 Å². The number of hydrogen-bond acceptors (Lipinski definition) is 6. The lowest BCUT2D eigenvalue weighted by Crippen LogP contribution is -2.46. The fourth-order valence-corrected chi connectivity index (χ4v) is 6.44. The van der Waals surface area contributed by atoms with Crippen LogP contribution in [0.4, 0.5) is 11.4 Å². The van der Waals surface area contributed by atoms with Crippen molar-refractivity contribution in [3.8, 4) is 11.4 Å². The highest BCUT2D eigenvalue weighted by molar-refractivity contribution is 6.35. The Balaban J connectivity index is 0.936. The highest BCUT2D eigenvalue weighted by atomic mass is 35.5. The molecule has 10 heteroatoms. The lowest BCUT2D eigenvalue weighted by Gasteiger charge is -2.37. The maximum absolute atomic E-state index is 6.59. The van der Waals surface area contributed by atoms with Gasteiger partial charge in [-0.3, -0.25) is 0 Å². The summed E-state index contributed by atoms with van der Waals surface area (Å²) in [4.78, 5) is 9.02. The molecule has 2 aliphatic rings. The predicted octanol–water partition coefficient (Wildman–Crippen LogP) is 6.65. The summed E-state index contributed by atoms with van der Waals surface area (Å²) in [7, 11) is 0. The highest BCUT2D eigenvalue weighted by Crippen LogP contribution is 2.40. The normalized spacial score (nSPS) is 20.3. The minimum absolute atomic E-state index is 0.282. The standard InChI is InChI=1S/C34H33Cl2N5O3/c35-26-3-12-32(33(36)21-26)34(24-38-16-13-37-25-38)43-23-31(44-34)22-42-30-10-8-29(9-11-30)41-19-17-40(18-20-41)28-6-4-27(5-7-28)39-14-1-2-15-39/h1-16,21,25,31H,17-20,22-24H2. The molecule has 5 aromatic rings. The van der Waals surface area contributed by atoms with Crippen LogP contribution in [0.1, 0.15) is 5.56 Å². The zero-order chi connectivity index (χ0) is 29.9. The molecule has 0 amide bonds. The van der Waals surface area contributed by atoms with Crippen LogP contribution in [0.15, 0.2) is 110 Å². The highest BCUT2D eigenvalue weighted by Gasteiger charge is 2.45. The van der Waals surface area contributed by atoms with Gasteiger partial charge in [0.25, 0.3) is 0 Å². The van der Waals surface area contributed by atoms with Crippen LogP contribution in [0.5, 0.6) is 5.75 Å². The number of piperazine rings is 1. The van der Waals surface area contributed by atoms with Gasteiger partial charge in [-0.05, 0) is 72.8 Å². The maximum atomic E-state index is 6.59. The molecular weight excluding hydrogens is 597 g/mol. The summed E-state index contributed by atoms with van der Waals surface area (Å²) in [5.41, 5.74) is 4.34. The lowest BCUT2D eigenvalue weighted by atomic mass is 10.1. The van der Waals surface area contributed by atoms with E-state index in [9.17, 15) is 0 Å². The van der Waals surface area contributed by atoms with Crippen LogP contribution in [0.2, 0.25) is 10.0 Å². The van der Waals surface area contributed by atoms with Crippen molar-refractivity contribution in [3.05, 3.63) is 126 Å². The van der Waals surface area contributed by atoms with E-state index in [2.05, 4.69) is 68.1 Å². The number of imidazole rings is 1. The molecule has 44 heavy (non-hydrogen) atoms. The van der Waals surface area contributed by atoms with E-state index in [0.29, 0.717) is 29.8 Å². The van der Waals surface area contributed by atoms with Crippen molar-refractivity contribution in [2.24, 2.45) is 0 Å². The Morgan fingerprint density at radius 1 is 0.818 bits per heavy atom. The summed E-state index contributed by atoms with van der Waals surface area (Å²) in [5.74, 6) is -0.289. The Morgan fingerprint density at radius 2 is 1.48 bits per heavy atom. The van der Waals surface area contributed by atoms with Crippen molar-refractivity contribution < 1.29 is 14.2 Å². The van der Waals surface area contributed by atoms with E-state index in [0.717, 1.165) is 37.5 Å². The molecule has 8 nitrogen and oxygen atoms in total. The summed E-state index contributed by atoms with van der Waals surface area (Å²) in [6.45, 7) is 4.96. The number of hydrogen-bond donors (Lipinski definition) is 0. The molecule has 0 aliphatic carbocycles. The van der Waals surface area contributed by atoms with E-state index < -0.39 is 5.79 Å². The van der Waals surface area contributed by atoms with Gasteiger partial charge < -0.3 is 33.1 Å². The van der Waals surface area contributed by atoms with Crippen molar-refractivity contribution in [2.75, 3.05) is 49.2 Å². The number of ether oxygens (including phenoxy) is 3. The molecule has 226 valence electrons. The van der Waals surface area contributed by atoms with Crippen LogP contribution in [0.3, 0.4) is 0 Å². The molecule has 4 heterocycles.